The fourth-order valence-electron chi connectivity index (χ4n) is 1.55. The largest absolute Gasteiger partial charge is 0.383 e. The average molecular weight is 189 g/mol. The molecule has 1 aliphatic heterocycles. The second-order valence-electron chi connectivity index (χ2n) is 3.09. The van der Waals surface area contributed by atoms with Crippen molar-refractivity contribution in [2.24, 2.45) is 0 Å². The molecule has 1 atom stereocenters. The van der Waals surface area contributed by atoms with Crippen LogP contribution in [0.25, 0.3) is 0 Å². The van der Waals surface area contributed by atoms with Gasteiger partial charge in [-0.2, -0.15) is 5.26 Å². The fourth-order valence-corrected chi connectivity index (χ4v) is 1.55. The van der Waals surface area contributed by atoms with Crippen molar-refractivity contribution >= 4 is 11.4 Å². The van der Waals surface area contributed by atoms with E-state index in [2.05, 4.69) is 11.4 Å². The first-order valence-electron chi connectivity index (χ1n) is 4.14. The summed E-state index contributed by atoms with van der Waals surface area (Å²) in [7, 11) is 0. The lowest BCUT2D eigenvalue weighted by Gasteiger charge is -1.99. The number of nitriles is 1. The van der Waals surface area contributed by atoms with Gasteiger partial charge in [-0.3, -0.25) is 10.1 Å². The van der Waals surface area contributed by atoms with Crippen LogP contribution in [0.1, 0.15) is 11.5 Å². The highest BCUT2D eigenvalue weighted by Gasteiger charge is 2.23. The highest BCUT2D eigenvalue weighted by atomic mass is 16.6. The molecule has 70 valence electrons. The Hall–Kier alpha value is -2.09. The Balaban J connectivity index is 2.49. The number of anilines is 1. The molecular weight excluding hydrogens is 182 g/mol. The van der Waals surface area contributed by atoms with Crippen LogP contribution in [0.5, 0.6) is 0 Å². The standard InChI is InChI=1S/C9H7N3O2/c10-4-6-5-11-9-2-1-7(12(13)14)3-8(6)9/h1-3,6,11H,5H2. The van der Waals surface area contributed by atoms with E-state index in [1.165, 1.54) is 12.1 Å². The molecule has 0 amide bonds. The minimum absolute atomic E-state index is 0.0349. The summed E-state index contributed by atoms with van der Waals surface area (Å²) in [6.07, 6.45) is 0. The lowest BCUT2D eigenvalue weighted by molar-refractivity contribution is -0.384. The van der Waals surface area contributed by atoms with Crippen LogP contribution >= 0.6 is 0 Å². The van der Waals surface area contributed by atoms with Gasteiger partial charge in [-0.05, 0) is 6.07 Å². The number of nitrogens with one attached hydrogen (secondary N) is 1. The molecule has 0 bridgehead atoms. The topological polar surface area (TPSA) is 79.0 Å². The van der Waals surface area contributed by atoms with Gasteiger partial charge < -0.3 is 5.32 Å². The van der Waals surface area contributed by atoms with Gasteiger partial charge in [0.25, 0.3) is 5.69 Å². The molecule has 0 radical (unpaired) electrons. The molecule has 1 aromatic carbocycles. The van der Waals surface area contributed by atoms with Crippen molar-refractivity contribution < 1.29 is 4.92 Å². The molecule has 1 aliphatic rings. The first-order valence-corrected chi connectivity index (χ1v) is 4.14. The third-order valence-corrected chi connectivity index (χ3v) is 2.27. The summed E-state index contributed by atoms with van der Waals surface area (Å²) in [5.74, 6) is -0.273. The normalized spacial score (nSPS) is 18.1. The maximum absolute atomic E-state index is 10.5. The molecule has 1 N–H and O–H groups in total. The zero-order valence-electron chi connectivity index (χ0n) is 7.23. The van der Waals surface area contributed by atoms with Gasteiger partial charge in [0.1, 0.15) is 0 Å². The Morgan fingerprint density at radius 3 is 3.07 bits per heavy atom. The maximum Gasteiger partial charge on any atom is 0.269 e. The number of rotatable bonds is 1. The van der Waals surface area contributed by atoms with Crippen LogP contribution in [0, 0.1) is 21.4 Å². The minimum atomic E-state index is -0.451. The van der Waals surface area contributed by atoms with Gasteiger partial charge in [0.05, 0.1) is 16.9 Å². The fraction of sp³-hybridized carbons (Fsp3) is 0.222. The number of nitro benzene ring substituents is 1. The van der Waals surface area contributed by atoms with Crippen molar-refractivity contribution in [1.82, 2.24) is 0 Å². The molecule has 14 heavy (non-hydrogen) atoms. The molecular formula is C9H7N3O2. The van der Waals surface area contributed by atoms with E-state index in [0.29, 0.717) is 6.54 Å². The summed E-state index contributed by atoms with van der Waals surface area (Å²) in [4.78, 5) is 10.0. The summed E-state index contributed by atoms with van der Waals surface area (Å²) in [6, 6.07) is 6.64. The van der Waals surface area contributed by atoms with Crippen molar-refractivity contribution in [2.45, 2.75) is 5.92 Å². The number of non-ortho nitro benzene ring substituents is 1. The van der Waals surface area contributed by atoms with Crippen LogP contribution in [0.2, 0.25) is 0 Å². The summed E-state index contributed by atoms with van der Waals surface area (Å²) in [5, 5.41) is 22.3. The van der Waals surface area contributed by atoms with E-state index in [-0.39, 0.29) is 11.6 Å². The Labute approximate surface area is 80.1 Å². The number of hydrogen-bond acceptors (Lipinski definition) is 4. The predicted octanol–water partition coefficient (Wildman–Crippen LogP) is 1.63. The molecule has 0 saturated carbocycles. The van der Waals surface area contributed by atoms with Crippen LogP contribution < -0.4 is 5.32 Å². The van der Waals surface area contributed by atoms with E-state index in [1.54, 1.807) is 6.07 Å². The van der Waals surface area contributed by atoms with Crippen LogP contribution in [0.4, 0.5) is 11.4 Å². The van der Waals surface area contributed by atoms with Crippen LogP contribution in [0.15, 0.2) is 18.2 Å². The molecule has 0 aromatic heterocycles. The van der Waals surface area contributed by atoms with E-state index in [4.69, 9.17) is 5.26 Å². The second kappa shape index (κ2) is 3.00. The van der Waals surface area contributed by atoms with E-state index in [1.807, 2.05) is 0 Å². The van der Waals surface area contributed by atoms with Gasteiger partial charge in [-0.25, -0.2) is 0 Å². The van der Waals surface area contributed by atoms with E-state index >= 15 is 0 Å². The minimum Gasteiger partial charge on any atom is -0.383 e. The quantitative estimate of drug-likeness (QED) is 0.537. The van der Waals surface area contributed by atoms with E-state index in [9.17, 15) is 10.1 Å². The number of nitrogens with zero attached hydrogens (tertiary/aromatic N) is 2. The average Bonchev–Trinajstić information content (AvgIpc) is 2.59. The lowest BCUT2D eigenvalue weighted by Crippen LogP contribution is -1.98. The lowest BCUT2D eigenvalue weighted by atomic mass is 10.0. The number of benzene rings is 1. The number of nitro groups is 1. The molecule has 0 saturated heterocycles. The third kappa shape index (κ3) is 1.17. The van der Waals surface area contributed by atoms with Gasteiger partial charge in [-0.15, -0.1) is 0 Å². The van der Waals surface area contributed by atoms with Gasteiger partial charge in [0.2, 0.25) is 0 Å². The Bertz CT molecular complexity index is 436. The molecule has 5 nitrogen and oxygen atoms in total. The molecule has 2 rings (SSSR count). The van der Waals surface area contributed by atoms with Crippen LogP contribution in [0.3, 0.4) is 0 Å². The number of fused-ring (bicyclic) bond motifs is 1. The molecule has 1 heterocycles. The van der Waals surface area contributed by atoms with E-state index in [0.717, 1.165) is 11.3 Å². The first kappa shape index (κ1) is 8.51. The molecule has 5 heteroatoms. The van der Waals surface area contributed by atoms with Gasteiger partial charge in [-0.1, -0.05) is 0 Å². The molecule has 1 aromatic rings. The maximum atomic E-state index is 10.5. The van der Waals surface area contributed by atoms with Crippen molar-refractivity contribution in [3.63, 3.8) is 0 Å². The van der Waals surface area contributed by atoms with Crippen molar-refractivity contribution in [2.75, 3.05) is 11.9 Å². The van der Waals surface area contributed by atoms with Gasteiger partial charge >= 0.3 is 0 Å². The SMILES string of the molecule is N#CC1CNc2ccc([N+](=O)[O-])cc21. The number of hydrogen-bond donors (Lipinski definition) is 1. The van der Waals surface area contributed by atoms with Crippen LogP contribution in [-0.2, 0) is 0 Å². The van der Waals surface area contributed by atoms with Gasteiger partial charge in [0, 0.05) is 29.9 Å². The highest BCUT2D eigenvalue weighted by molar-refractivity contribution is 5.62. The first-order chi connectivity index (χ1) is 6.72. The summed E-state index contributed by atoms with van der Waals surface area (Å²) in [6.45, 7) is 0.535. The Morgan fingerprint density at radius 1 is 1.64 bits per heavy atom. The zero-order valence-corrected chi connectivity index (χ0v) is 7.23. The summed E-state index contributed by atoms with van der Waals surface area (Å²) < 4.78 is 0. The van der Waals surface area contributed by atoms with Gasteiger partial charge in [0.15, 0.2) is 0 Å². The van der Waals surface area contributed by atoms with Crippen molar-refractivity contribution in [1.29, 1.82) is 5.26 Å². The molecule has 0 aliphatic carbocycles. The molecule has 0 fully saturated rings. The predicted molar refractivity (Wildman–Crippen MR) is 49.9 cm³/mol. The van der Waals surface area contributed by atoms with E-state index < -0.39 is 4.92 Å². The van der Waals surface area contributed by atoms with Crippen molar-refractivity contribution in [3.05, 3.63) is 33.9 Å². The monoisotopic (exact) mass is 189 g/mol. The highest BCUT2D eigenvalue weighted by Crippen LogP contribution is 2.33. The molecule has 0 spiro atoms. The van der Waals surface area contributed by atoms with Crippen LogP contribution in [-0.4, -0.2) is 11.5 Å². The Kier molecular flexibility index (Phi) is 1.82. The second-order valence-corrected chi connectivity index (χ2v) is 3.09. The zero-order chi connectivity index (χ0) is 10.1. The Morgan fingerprint density at radius 2 is 2.43 bits per heavy atom. The molecule has 1 unspecified atom stereocenters. The summed E-state index contributed by atoms with van der Waals surface area (Å²) in [5.41, 5.74) is 1.58. The summed E-state index contributed by atoms with van der Waals surface area (Å²) >= 11 is 0. The van der Waals surface area contributed by atoms with Crippen molar-refractivity contribution in [3.8, 4) is 6.07 Å². The third-order valence-electron chi connectivity index (χ3n) is 2.27. The smallest absolute Gasteiger partial charge is 0.269 e.